The van der Waals surface area contributed by atoms with Gasteiger partial charge in [-0.05, 0) is 36.1 Å². The minimum atomic E-state index is -1.13. The first-order chi connectivity index (χ1) is 17.0. The lowest BCUT2D eigenvalue weighted by Crippen LogP contribution is -2.43. The van der Waals surface area contributed by atoms with Crippen LogP contribution >= 0.6 is 0 Å². The summed E-state index contributed by atoms with van der Waals surface area (Å²) in [7, 11) is 0. The molecule has 4 aromatic rings. The van der Waals surface area contributed by atoms with Crippen molar-refractivity contribution in [2.45, 2.75) is 18.4 Å². The van der Waals surface area contributed by atoms with Crippen LogP contribution < -0.4 is 16.2 Å². The van der Waals surface area contributed by atoms with E-state index in [9.17, 15) is 19.2 Å². The van der Waals surface area contributed by atoms with Crippen LogP contribution in [0.1, 0.15) is 17.5 Å². The van der Waals surface area contributed by atoms with Gasteiger partial charge < -0.3 is 15.6 Å². The van der Waals surface area contributed by atoms with Crippen LogP contribution in [0.3, 0.4) is 0 Å². The van der Waals surface area contributed by atoms with E-state index in [-0.39, 0.29) is 5.56 Å². The number of hydrogen-bond donors (Lipinski definition) is 3. The highest BCUT2D eigenvalue weighted by atomic mass is 16.2. The topological polar surface area (TPSA) is 142 Å². The number of aromatic amines is 1. The largest absolute Gasteiger partial charge is 0.325 e. The molecule has 1 unspecified atom stereocenters. The normalized spacial score (nSPS) is 18.8. The van der Waals surface area contributed by atoms with Crippen LogP contribution in [-0.4, -0.2) is 49.0 Å². The Kier molecular flexibility index (Phi) is 4.53. The summed E-state index contributed by atoms with van der Waals surface area (Å²) >= 11 is 0. The SMILES string of the molecule is O=C(CN1C(=O)NC2(CCc3ccccc32)C1=O)Nc1ccccc1-n1ncc2c(=O)[nH]cnc21. The van der Waals surface area contributed by atoms with Crippen molar-refractivity contribution in [1.29, 1.82) is 0 Å². The van der Waals surface area contributed by atoms with Gasteiger partial charge in [-0.25, -0.2) is 14.5 Å². The lowest BCUT2D eigenvalue weighted by Gasteiger charge is -2.22. The first-order valence-electron chi connectivity index (χ1n) is 11.0. The smallest absolute Gasteiger partial charge is 0.323 e. The Balaban J connectivity index is 1.26. The van der Waals surface area contributed by atoms with Crippen molar-refractivity contribution in [2.24, 2.45) is 0 Å². The average molecular weight is 469 g/mol. The summed E-state index contributed by atoms with van der Waals surface area (Å²) in [5, 5.41) is 10.1. The second kappa shape index (κ2) is 7.62. The van der Waals surface area contributed by atoms with Gasteiger partial charge in [-0.15, -0.1) is 0 Å². The molecule has 35 heavy (non-hydrogen) atoms. The zero-order chi connectivity index (χ0) is 24.2. The highest BCUT2D eigenvalue weighted by molar-refractivity contribution is 6.11. The van der Waals surface area contributed by atoms with Gasteiger partial charge in [0.2, 0.25) is 5.91 Å². The van der Waals surface area contributed by atoms with Crippen LogP contribution in [0, 0.1) is 0 Å². The Morgan fingerprint density at radius 3 is 2.77 bits per heavy atom. The van der Waals surface area contributed by atoms with Gasteiger partial charge in [0.1, 0.15) is 17.5 Å². The number of nitrogens with one attached hydrogen (secondary N) is 3. The molecule has 0 saturated carbocycles. The molecule has 2 aromatic heterocycles. The third-order valence-corrected chi connectivity index (χ3v) is 6.50. The van der Waals surface area contributed by atoms with Crippen molar-refractivity contribution in [3.63, 3.8) is 0 Å². The number of carbonyl (C=O) groups is 3. The van der Waals surface area contributed by atoms with Crippen molar-refractivity contribution < 1.29 is 14.4 Å². The summed E-state index contributed by atoms with van der Waals surface area (Å²) in [6, 6.07) is 13.8. The van der Waals surface area contributed by atoms with Crippen molar-refractivity contribution in [3.05, 3.63) is 82.5 Å². The standard InChI is InChI=1S/C24H19N7O4/c32-19(12-30-22(34)24(29-23(30)35)10-9-14-5-1-2-6-16(14)24)28-17-7-3-4-8-18(17)31-20-15(11-27-31)21(33)26-13-25-20/h1-8,11,13H,9-10,12H2,(H,28,32)(H,29,35)(H,25,26,33). The van der Waals surface area contributed by atoms with E-state index in [1.54, 1.807) is 24.3 Å². The van der Waals surface area contributed by atoms with Gasteiger partial charge in [0.25, 0.3) is 11.5 Å². The van der Waals surface area contributed by atoms with E-state index in [0.717, 1.165) is 16.0 Å². The number of rotatable bonds is 4. The molecule has 0 bridgehead atoms. The van der Waals surface area contributed by atoms with Crippen LogP contribution in [0.2, 0.25) is 0 Å². The maximum Gasteiger partial charge on any atom is 0.325 e. The summed E-state index contributed by atoms with van der Waals surface area (Å²) < 4.78 is 1.44. The average Bonchev–Trinajstić information content (AvgIpc) is 3.52. The molecule has 0 radical (unpaired) electrons. The van der Waals surface area contributed by atoms with E-state index >= 15 is 0 Å². The molecule has 11 nitrogen and oxygen atoms in total. The molecule has 1 spiro atoms. The molecular formula is C24H19N7O4. The molecule has 1 aliphatic carbocycles. The van der Waals surface area contributed by atoms with Crippen LogP contribution in [-0.2, 0) is 21.5 Å². The minimum absolute atomic E-state index is 0.301. The first kappa shape index (κ1) is 20.8. The van der Waals surface area contributed by atoms with Gasteiger partial charge in [-0.3, -0.25) is 19.3 Å². The number of aromatic nitrogens is 4. The number of amides is 4. The van der Waals surface area contributed by atoms with Gasteiger partial charge in [-0.1, -0.05) is 36.4 Å². The number of benzene rings is 2. The number of aryl methyl sites for hydroxylation is 1. The van der Waals surface area contributed by atoms with E-state index in [4.69, 9.17) is 0 Å². The summed E-state index contributed by atoms with van der Waals surface area (Å²) in [5.41, 5.74) is 1.53. The van der Waals surface area contributed by atoms with Crippen molar-refractivity contribution in [2.75, 3.05) is 11.9 Å². The number of imide groups is 1. The summed E-state index contributed by atoms with van der Waals surface area (Å²) in [6.07, 6.45) is 3.80. The van der Waals surface area contributed by atoms with E-state index in [1.165, 1.54) is 17.2 Å². The summed E-state index contributed by atoms with van der Waals surface area (Å²) in [5.74, 6) is -0.982. The van der Waals surface area contributed by atoms with Crippen LogP contribution in [0.15, 0.2) is 65.8 Å². The van der Waals surface area contributed by atoms with Crippen molar-refractivity contribution >= 4 is 34.6 Å². The van der Waals surface area contributed by atoms with Crippen LogP contribution in [0.25, 0.3) is 16.7 Å². The zero-order valence-electron chi connectivity index (χ0n) is 18.3. The maximum absolute atomic E-state index is 13.3. The Bertz CT molecular complexity index is 1590. The van der Waals surface area contributed by atoms with Crippen molar-refractivity contribution in [1.82, 2.24) is 30.0 Å². The number of fused-ring (bicyclic) bond motifs is 3. The third kappa shape index (κ3) is 3.12. The number of para-hydroxylation sites is 2. The molecule has 174 valence electrons. The van der Waals surface area contributed by atoms with Gasteiger partial charge in [0.15, 0.2) is 5.65 Å². The molecule has 3 N–H and O–H groups in total. The molecule has 3 heterocycles. The Morgan fingerprint density at radius 1 is 1.09 bits per heavy atom. The fraction of sp³-hybridized carbons (Fsp3) is 0.167. The second-order valence-electron chi connectivity index (χ2n) is 8.47. The number of hydrogen-bond acceptors (Lipinski definition) is 6. The third-order valence-electron chi connectivity index (χ3n) is 6.50. The lowest BCUT2D eigenvalue weighted by molar-refractivity contribution is -0.134. The lowest BCUT2D eigenvalue weighted by atomic mass is 9.92. The Morgan fingerprint density at radius 2 is 1.89 bits per heavy atom. The fourth-order valence-electron chi connectivity index (χ4n) is 4.86. The molecule has 2 aliphatic rings. The highest BCUT2D eigenvalue weighted by Gasteiger charge is 2.55. The number of H-pyrrole nitrogens is 1. The fourth-order valence-corrected chi connectivity index (χ4v) is 4.86. The Hall–Kier alpha value is -4.80. The first-order valence-corrected chi connectivity index (χ1v) is 11.0. The number of anilines is 1. The van der Waals surface area contributed by atoms with E-state index in [0.29, 0.717) is 35.2 Å². The molecule has 1 fully saturated rings. The van der Waals surface area contributed by atoms with E-state index in [1.807, 2.05) is 24.3 Å². The van der Waals surface area contributed by atoms with Gasteiger partial charge in [0, 0.05) is 0 Å². The maximum atomic E-state index is 13.3. The zero-order valence-corrected chi connectivity index (χ0v) is 18.3. The molecule has 4 amide bonds. The molecular weight excluding hydrogens is 450 g/mol. The molecule has 6 rings (SSSR count). The summed E-state index contributed by atoms with van der Waals surface area (Å²) in [4.78, 5) is 58.7. The highest BCUT2D eigenvalue weighted by Crippen LogP contribution is 2.41. The van der Waals surface area contributed by atoms with Gasteiger partial charge in [-0.2, -0.15) is 5.10 Å². The monoisotopic (exact) mass is 469 g/mol. The quantitative estimate of drug-likeness (QED) is 0.386. The molecule has 1 saturated heterocycles. The molecule has 1 atom stereocenters. The molecule has 11 heteroatoms. The number of urea groups is 1. The number of carbonyl (C=O) groups excluding carboxylic acids is 3. The number of nitrogens with zero attached hydrogens (tertiary/aromatic N) is 4. The van der Waals surface area contributed by atoms with E-state index in [2.05, 4.69) is 25.7 Å². The van der Waals surface area contributed by atoms with E-state index < -0.39 is 29.9 Å². The second-order valence-corrected chi connectivity index (χ2v) is 8.47. The minimum Gasteiger partial charge on any atom is -0.323 e. The van der Waals surface area contributed by atoms with Gasteiger partial charge >= 0.3 is 6.03 Å². The van der Waals surface area contributed by atoms with Gasteiger partial charge in [0.05, 0.1) is 23.9 Å². The van der Waals surface area contributed by atoms with Crippen molar-refractivity contribution in [3.8, 4) is 5.69 Å². The Labute approximate surface area is 197 Å². The van der Waals surface area contributed by atoms with Crippen LogP contribution in [0.4, 0.5) is 10.5 Å². The van der Waals surface area contributed by atoms with Crippen LogP contribution in [0.5, 0.6) is 0 Å². The molecule has 1 aliphatic heterocycles. The molecule has 2 aromatic carbocycles. The predicted molar refractivity (Wildman–Crippen MR) is 125 cm³/mol. The predicted octanol–water partition coefficient (Wildman–Crippen LogP) is 1.44. The summed E-state index contributed by atoms with van der Waals surface area (Å²) in [6.45, 7) is -0.444.